The molecule has 0 aromatic carbocycles. The van der Waals surface area contributed by atoms with Crippen molar-refractivity contribution in [3.63, 3.8) is 0 Å². The van der Waals surface area contributed by atoms with Crippen molar-refractivity contribution in [1.29, 1.82) is 0 Å². The molecule has 8 rings (SSSR count). The molecule has 0 aromatic heterocycles. The number of carbonyl (C=O) groups excluding carboxylic acids is 2. The van der Waals surface area contributed by atoms with Gasteiger partial charge in [0.25, 0.3) is 0 Å². The Morgan fingerprint density at radius 3 is 2.34 bits per heavy atom. The summed E-state index contributed by atoms with van der Waals surface area (Å²) in [7, 11) is 0. The second-order valence-electron chi connectivity index (χ2n) is 20.4. The number of ketones is 2. The summed E-state index contributed by atoms with van der Waals surface area (Å²) >= 11 is 0. The summed E-state index contributed by atoms with van der Waals surface area (Å²) in [6.45, 7) is 20.0. The average Bonchev–Trinajstić information content (AvgIpc) is 2.99. The van der Waals surface area contributed by atoms with Crippen molar-refractivity contribution in [2.45, 2.75) is 158 Å². The summed E-state index contributed by atoms with van der Waals surface area (Å²) in [6.07, 6.45) is 16.3. The van der Waals surface area contributed by atoms with E-state index in [4.69, 9.17) is 4.74 Å². The van der Waals surface area contributed by atoms with Gasteiger partial charge in [-0.05, 0) is 138 Å². The minimum absolute atomic E-state index is 0.0397. The number of hydrogen-bond acceptors (Lipinski definition) is 4. The van der Waals surface area contributed by atoms with Gasteiger partial charge in [-0.15, -0.1) is 0 Å². The Kier molecular flexibility index (Phi) is 7.04. The Balaban J connectivity index is 1.26. The molecule has 1 heterocycles. The number of rotatable bonds is 2. The van der Waals surface area contributed by atoms with E-state index in [0.717, 1.165) is 55.2 Å². The molecule has 7 aliphatic carbocycles. The van der Waals surface area contributed by atoms with Crippen molar-refractivity contribution in [3.05, 3.63) is 23.0 Å². The molecule has 0 radical (unpaired) electrons. The third-order valence-electron chi connectivity index (χ3n) is 18.4. The molecule has 1 aliphatic heterocycles. The van der Waals surface area contributed by atoms with Gasteiger partial charge < -0.3 is 9.84 Å². The Morgan fingerprint density at radius 1 is 0.851 bits per heavy atom. The van der Waals surface area contributed by atoms with Gasteiger partial charge in [-0.25, -0.2) is 0 Å². The normalized spacial score (nSPS) is 51.1. The van der Waals surface area contributed by atoms with Gasteiger partial charge in [-0.1, -0.05) is 74.7 Å². The van der Waals surface area contributed by atoms with Crippen LogP contribution in [0.5, 0.6) is 0 Å². The molecule has 0 amide bonds. The fourth-order valence-electron chi connectivity index (χ4n) is 15.8. The van der Waals surface area contributed by atoms with E-state index in [1.165, 1.54) is 38.5 Å². The lowest BCUT2D eigenvalue weighted by atomic mass is 9.34. The minimum atomic E-state index is -0.968. The maximum atomic E-state index is 15.5. The molecule has 0 aromatic rings. The highest BCUT2D eigenvalue weighted by Crippen LogP contribution is 2.75. The maximum Gasteiger partial charge on any atom is 0.159 e. The van der Waals surface area contributed by atoms with Crippen LogP contribution < -0.4 is 0 Å². The highest BCUT2D eigenvalue weighted by molar-refractivity contribution is 6.00. The fraction of sp³-hybridized carbons (Fsp3) is 0.860. The first kappa shape index (κ1) is 32.8. The van der Waals surface area contributed by atoms with E-state index in [1.54, 1.807) is 0 Å². The van der Waals surface area contributed by atoms with E-state index in [2.05, 4.69) is 55.4 Å². The van der Waals surface area contributed by atoms with E-state index in [-0.39, 0.29) is 51.0 Å². The van der Waals surface area contributed by atoms with Crippen LogP contribution in [0, 0.1) is 67.5 Å². The molecular formula is C43H64O4. The number of aliphatic hydroxyl groups excluding tert-OH is 1. The van der Waals surface area contributed by atoms with Gasteiger partial charge in [-0.3, -0.25) is 9.59 Å². The zero-order chi connectivity index (χ0) is 33.6. The summed E-state index contributed by atoms with van der Waals surface area (Å²) in [5.74, 6) is 2.12. The zero-order valence-electron chi connectivity index (χ0n) is 31.0. The number of hydrogen-bond donors (Lipinski definition) is 1. The maximum absolute atomic E-state index is 15.5. The second kappa shape index (κ2) is 10.1. The number of fused-ring (bicyclic) bond motifs is 8. The SMILES string of the molecule is CCCC12COC=C3C4CCC5C(C)(C)CCCC5(C)C4CC(=O)C31C(O)C1=C(C2)C(=O)CC2C1CCC1(C)C(C)(C)CCCC21C. The van der Waals surface area contributed by atoms with Crippen LogP contribution in [0.25, 0.3) is 0 Å². The Hall–Kier alpha value is -1.42. The van der Waals surface area contributed by atoms with Crippen molar-refractivity contribution in [2.24, 2.45) is 67.5 Å². The smallest absolute Gasteiger partial charge is 0.159 e. The van der Waals surface area contributed by atoms with Crippen LogP contribution in [0.15, 0.2) is 23.0 Å². The van der Waals surface area contributed by atoms with Crippen molar-refractivity contribution < 1.29 is 19.4 Å². The van der Waals surface area contributed by atoms with Gasteiger partial charge in [0.15, 0.2) is 5.78 Å². The molecule has 11 unspecified atom stereocenters. The summed E-state index contributed by atoms with van der Waals surface area (Å²) < 4.78 is 6.50. The summed E-state index contributed by atoms with van der Waals surface area (Å²) in [5, 5.41) is 13.3. The van der Waals surface area contributed by atoms with Crippen LogP contribution in [0.3, 0.4) is 0 Å². The van der Waals surface area contributed by atoms with Crippen LogP contribution in [0.2, 0.25) is 0 Å². The Bertz CT molecular complexity index is 1450. The number of carbonyl (C=O) groups is 2. The van der Waals surface area contributed by atoms with Crippen molar-refractivity contribution >= 4 is 11.6 Å². The zero-order valence-corrected chi connectivity index (χ0v) is 31.0. The molecule has 0 saturated heterocycles. The lowest BCUT2D eigenvalue weighted by molar-refractivity contribution is -0.189. The predicted octanol–water partition coefficient (Wildman–Crippen LogP) is 9.79. The third kappa shape index (κ3) is 3.76. The molecule has 5 saturated carbocycles. The molecule has 260 valence electrons. The van der Waals surface area contributed by atoms with E-state index in [1.807, 2.05) is 6.26 Å². The first-order valence-corrected chi connectivity index (χ1v) is 19.8. The Morgan fingerprint density at radius 2 is 1.60 bits per heavy atom. The number of allylic oxidation sites excluding steroid dienone is 1. The lowest BCUT2D eigenvalue weighted by Gasteiger charge is -2.70. The van der Waals surface area contributed by atoms with Gasteiger partial charge in [0.05, 0.1) is 24.4 Å². The largest absolute Gasteiger partial charge is 0.501 e. The summed E-state index contributed by atoms with van der Waals surface area (Å²) in [4.78, 5) is 30.0. The van der Waals surface area contributed by atoms with E-state index < -0.39 is 16.9 Å². The standard InChI is InChI=1S/C43H64O4/c1-9-15-42-23-28-32(44)21-30-27(14-20-41(8)38(4,5)17-11-19-40(30,41)7)35(28)36(46)43(42)31(24-47-25-42)26-12-13-33-37(2,3)16-10-18-39(33,6)29(26)22-34(43)45/h24,26-27,29-30,33,36,46H,9-23,25H2,1-8H3. The number of aliphatic hydroxyl groups is 1. The molecule has 0 bridgehead atoms. The number of Topliss-reactive ketones (excluding diaryl/α,β-unsaturated/α-hetero) is 2. The van der Waals surface area contributed by atoms with Gasteiger partial charge in [-0.2, -0.15) is 0 Å². The van der Waals surface area contributed by atoms with E-state index >= 15 is 4.79 Å². The van der Waals surface area contributed by atoms with Crippen LogP contribution in [0.4, 0.5) is 0 Å². The van der Waals surface area contributed by atoms with Crippen molar-refractivity contribution in [3.8, 4) is 0 Å². The average molecular weight is 645 g/mol. The predicted molar refractivity (Wildman–Crippen MR) is 186 cm³/mol. The molecule has 4 heteroatoms. The van der Waals surface area contributed by atoms with Crippen molar-refractivity contribution in [2.75, 3.05) is 6.61 Å². The minimum Gasteiger partial charge on any atom is -0.501 e. The van der Waals surface area contributed by atoms with E-state index in [9.17, 15) is 9.90 Å². The summed E-state index contributed by atoms with van der Waals surface area (Å²) in [5.41, 5.74) is 2.33. The molecule has 5 fully saturated rings. The molecule has 1 spiro atoms. The third-order valence-corrected chi connectivity index (χ3v) is 18.4. The number of ether oxygens (including phenoxy) is 1. The Labute approximate surface area is 285 Å². The van der Waals surface area contributed by atoms with Crippen LogP contribution in [0.1, 0.15) is 152 Å². The molecular weight excluding hydrogens is 580 g/mol. The van der Waals surface area contributed by atoms with Crippen LogP contribution in [-0.4, -0.2) is 29.4 Å². The van der Waals surface area contributed by atoms with Crippen LogP contribution in [-0.2, 0) is 14.3 Å². The van der Waals surface area contributed by atoms with Gasteiger partial charge in [0.1, 0.15) is 5.78 Å². The van der Waals surface area contributed by atoms with Crippen LogP contribution >= 0.6 is 0 Å². The first-order chi connectivity index (χ1) is 22.0. The fourth-order valence-corrected chi connectivity index (χ4v) is 15.8. The first-order valence-electron chi connectivity index (χ1n) is 19.8. The molecule has 1 N–H and O–H groups in total. The van der Waals surface area contributed by atoms with E-state index in [0.29, 0.717) is 43.1 Å². The molecule has 8 aliphatic rings. The van der Waals surface area contributed by atoms with Gasteiger partial charge >= 0.3 is 0 Å². The monoisotopic (exact) mass is 644 g/mol. The highest BCUT2D eigenvalue weighted by Gasteiger charge is 2.74. The molecule has 11 atom stereocenters. The molecule has 47 heavy (non-hydrogen) atoms. The second-order valence-corrected chi connectivity index (χ2v) is 20.4. The highest BCUT2D eigenvalue weighted by atomic mass is 16.5. The quantitative estimate of drug-likeness (QED) is 0.325. The lowest BCUT2D eigenvalue weighted by Crippen LogP contribution is -2.69. The summed E-state index contributed by atoms with van der Waals surface area (Å²) in [6, 6.07) is 0. The molecule has 4 nitrogen and oxygen atoms in total. The van der Waals surface area contributed by atoms with Gasteiger partial charge in [0.2, 0.25) is 0 Å². The van der Waals surface area contributed by atoms with Crippen molar-refractivity contribution in [1.82, 2.24) is 0 Å². The topological polar surface area (TPSA) is 63.6 Å². The van der Waals surface area contributed by atoms with Gasteiger partial charge in [0, 0.05) is 18.3 Å².